The number of nitrogens with two attached hydrogens (primary N) is 1. The van der Waals surface area contributed by atoms with Crippen molar-refractivity contribution in [3.8, 4) is 0 Å². The Balaban J connectivity index is 2.27. The molecule has 0 saturated carbocycles. The summed E-state index contributed by atoms with van der Waals surface area (Å²) in [5.41, 5.74) is 6.85. The summed E-state index contributed by atoms with van der Waals surface area (Å²) in [6, 6.07) is 4.81. The van der Waals surface area contributed by atoms with Crippen LogP contribution in [0.4, 0.5) is 4.79 Å². The lowest BCUT2D eigenvalue weighted by molar-refractivity contribution is -0.787. The maximum atomic E-state index is 13.2. The number of imide groups is 1. The summed E-state index contributed by atoms with van der Waals surface area (Å²) in [7, 11) is 0. The second-order valence-corrected chi connectivity index (χ2v) is 8.90. The third-order valence-corrected chi connectivity index (χ3v) is 5.75. The molecule has 7 heteroatoms. The van der Waals surface area contributed by atoms with Crippen molar-refractivity contribution >= 4 is 23.5 Å². The Morgan fingerprint density at radius 2 is 2.04 bits per heavy atom. The first-order chi connectivity index (χ1) is 12.5. The maximum Gasteiger partial charge on any atom is 0.424 e. The summed E-state index contributed by atoms with van der Waals surface area (Å²) in [5.74, 6) is -0.435. The average Bonchev–Trinajstić information content (AvgIpc) is 3.00. The number of benzene rings is 1. The fourth-order valence-corrected chi connectivity index (χ4v) is 3.86. The number of aliphatic hydroxyl groups excluding tert-OH is 1. The topological polar surface area (TPSA) is 92.4 Å². The van der Waals surface area contributed by atoms with Gasteiger partial charge in [-0.3, -0.25) is 0 Å². The number of hydrogen-bond donors (Lipinski definition) is 3. The molecule has 1 aliphatic heterocycles. The number of carbonyl (C=O) groups is 2. The number of amides is 3. The molecule has 1 fully saturated rings. The molecule has 0 bridgehead atoms. The Kier molecular flexibility index (Phi) is 6.68. The third kappa shape index (κ3) is 4.35. The van der Waals surface area contributed by atoms with Gasteiger partial charge >= 0.3 is 11.9 Å². The van der Waals surface area contributed by atoms with E-state index in [1.54, 1.807) is 32.9 Å². The van der Waals surface area contributed by atoms with Gasteiger partial charge in [0.1, 0.15) is 6.04 Å². The average molecular weight is 397 g/mol. The van der Waals surface area contributed by atoms with Crippen molar-refractivity contribution < 1.29 is 19.2 Å². The van der Waals surface area contributed by atoms with Crippen molar-refractivity contribution in [2.75, 3.05) is 6.54 Å². The van der Waals surface area contributed by atoms with E-state index in [4.69, 9.17) is 17.3 Å². The van der Waals surface area contributed by atoms with Crippen LogP contribution in [-0.4, -0.2) is 40.2 Å². The van der Waals surface area contributed by atoms with Crippen LogP contribution in [0.25, 0.3) is 0 Å². The van der Waals surface area contributed by atoms with Gasteiger partial charge in [0.05, 0.1) is 6.54 Å². The van der Waals surface area contributed by atoms with Crippen LogP contribution in [0.1, 0.15) is 51.7 Å². The van der Waals surface area contributed by atoms with E-state index < -0.39 is 17.4 Å². The summed E-state index contributed by atoms with van der Waals surface area (Å²) in [6.07, 6.45) is 0.318. The van der Waals surface area contributed by atoms with Crippen molar-refractivity contribution in [1.82, 2.24) is 5.32 Å². The molecular formula is C20H31ClN3O3+. The molecule has 1 aromatic carbocycles. The lowest BCUT2D eigenvalue weighted by Crippen LogP contribution is -2.66. The highest BCUT2D eigenvalue weighted by Crippen LogP contribution is 2.32. The van der Waals surface area contributed by atoms with Crippen LogP contribution >= 0.6 is 11.6 Å². The van der Waals surface area contributed by atoms with Gasteiger partial charge in [0.25, 0.3) is 0 Å². The van der Waals surface area contributed by atoms with E-state index in [9.17, 15) is 14.7 Å². The fourth-order valence-electron chi connectivity index (χ4n) is 3.66. The van der Waals surface area contributed by atoms with Crippen molar-refractivity contribution in [2.45, 2.75) is 65.8 Å². The summed E-state index contributed by atoms with van der Waals surface area (Å²) in [6.45, 7) is 8.25. The number of hydrogen-bond acceptors (Lipinski definition) is 4. The van der Waals surface area contributed by atoms with Crippen molar-refractivity contribution in [2.24, 2.45) is 11.1 Å². The van der Waals surface area contributed by atoms with Crippen LogP contribution in [0.3, 0.4) is 0 Å². The molecule has 1 saturated heterocycles. The molecule has 0 radical (unpaired) electrons. The van der Waals surface area contributed by atoms with E-state index in [-0.39, 0.29) is 23.1 Å². The molecule has 1 unspecified atom stereocenters. The molecule has 1 aliphatic rings. The molecule has 3 amide bonds. The van der Waals surface area contributed by atoms with E-state index in [0.717, 1.165) is 24.0 Å². The third-order valence-electron chi connectivity index (χ3n) is 5.51. The summed E-state index contributed by atoms with van der Waals surface area (Å²) >= 11 is 6.06. The molecule has 0 spiro atoms. The Morgan fingerprint density at radius 1 is 1.37 bits per heavy atom. The lowest BCUT2D eigenvalue weighted by Gasteiger charge is -2.37. The summed E-state index contributed by atoms with van der Waals surface area (Å²) in [4.78, 5) is 26.3. The smallest absolute Gasteiger partial charge is 0.379 e. The molecule has 2 rings (SSSR count). The minimum atomic E-state index is -1.21. The zero-order chi connectivity index (χ0) is 20.4. The van der Waals surface area contributed by atoms with Gasteiger partial charge in [-0.25, -0.2) is 9.59 Å². The number of nitrogens with one attached hydrogen (secondary N) is 1. The molecule has 1 aromatic rings. The van der Waals surface area contributed by atoms with E-state index in [1.165, 1.54) is 0 Å². The van der Waals surface area contributed by atoms with Gasteiger partial charge in [-0.15, -0.1) is 0 Å². The number of likely N-dealkylation sites (tertiary alicyclic amines) is 1. The van der Waals surface area contributed by atoms with Crippen molar-refractivity contribution in [3.05, 3.63) is 34.3 Å². The highest BCUT2D eigenvalue weighted by Gasteiger charge is 2.56. The van der Waals surface area contributed by atoms with Crippen LogP contribution in [0.2, 0.25) is 5.02 Å². The molecule has 6 nitrogen and oxygen atoms in total. The second kappa shape index (κ2) is 8.27. The zero-order valence-corrected chi connectivity index (χ0v) is 17.3. The minimum absolute atomic E-state index is 0.178. The first-order valence-corrected chi connectivity index (χ1v) is 9.77. The van der Waals surface area contributed by atoms with Crippen molar-refractivity contribution in [3.63, 3.8) is 0 Å². The van der Waals surface area contributed by atoms with Crippen LogP contribution in [0, 0.1) is 5.41 Å². The Morgan fingerprint density at radius 3 is 2.56 bits per heavy atom. The molecular weight excluding hydrogens is 366 g/mol. The normalized spacial score (nSPS) is 23.9. The van der Waals surface area contributed by atoms with Crippen LogP contribution in [0.15, 0.2) is 18.2 Å². The summed E-state index contributed by atoms with van der Waals surface area (Å²) in [5, 5.41) is 14.0. The van der Waals surface area contributed by atoms with Gasteiger partial charge in [0, 0.05) is 36.4 Å². The molecule has 4 N–H and O–H groups in total. The number of halogens is 1. The summed E-state index contributed by atoms with van der Waals surface area (Å²) < 4.78 is -0.364. The standard InChI is InChI=1S/C20H30ClN3O3/c1-13-6-5-9-24(13,18(26)17(25)20(2,3)4)19(27)23-12-15-10-16(21)8-7-14(15)11-22/h7-8,10,13,17,25H,5-6,9,11-12,22H2,1-4H3/p+1/t13-,17+,24?/m1/s1. The molecule has 1 heterocycles. The van der Waals surface area contributed by atoms with E-state index in [2.05, 4.69) is 5.32 Å². The number of aliphatic hydroxyl groups is 1. The monoisotopic (exact) mass is 396 g/mol. The van der Waals surface area contributed by atoms with Crippen molar-refractivity contribution in [1.29, 1.82) is 0 Å². The second-order valence-electron chi connectivity index (χ2n) is 8.47. The number of quaternary nitrogens is 1. The molecule has 150 valence electrons. The van der Waals surface area contributed by atoms with Gasteiger partial charge < -0.3 is 16.2 Å². The molecule has 0 aliphatic carbocycles. The largest absolute Gasteiger partial charge is 0.424 e. The van der Waals surface area contributed by atoms with Crippen LogP contribution in [0.5, 0.6) is 0 Å². The fraction of sp³-hybridized carbons (Fsp3) is 0.600. The Bertz CT molecular complexity index is 717. The minimum Gasteiger partial charge on any atom is -0.379 e. The molecule has 0 aromatic heterocycles. The zero-order valence-electron chi connectivity index (χ0n) is 16.6. The number of carbonyl (C=O) groups excluding carboxylic acids is 2. The Labute approximate surface area is 166 Å². The van der Waals surface area contributed by atoms with Gasteiger partial charge in [-0.05, 0) is 30.2 Å². The highest BCUT2D eigenvalue weighted by atomic mass is 35.5. The maximum absolute atomic E-state index is 13.2. The van der Waals surface area contributed by atoms with Gasteiger partial charge in [-0.2, -0.15) is 4.48 Å². The van der Waals surface area contributed by atoms with Gasteiger partial charge in [0.2, 0.25) is 0 Å². The number of nitrogens with zero attached hydrogens (tertiary/aromatic N) is 1. The van der Waals surface area contributed by atoms with Crippen LogP contribution < -0.4 is 11.1 Å². The van der Waals surface area contributed by atoms with Gasteiger partial charge in [-0.1, -0.05) is 38.4 Å². The first kappa shape index (κ1) is 21.8. The number of rotatable bonds is 4. The quantitative estimate of drug-likeness (QED) is 0.682. The highest BCUT2D eigenvalue weighted by molar-refractivity contribution is 6.30. The lowest BCUT2D eigenvalue weighted by atomic mass is 9.87. The Hall–Kier alpha value is -1.47. The van der Waals surface area contributed by atoms with E-state index >= 15 is 0 Å². The molecule has 3 atom stereocenters. The first-order valence-electron chi connectivity index (χ1n) is 9.40. The number of urea groups is 1. The van der Waals surface area contributed by atoms with E-state index in [1.807, 2.05) is 13.0 Å². The van der Waals surface area contributed by atoms with E-state index in [0.29, 0.717) is 18.1 Å². The predicted molar refractivity (Wildman–Crippen MR) is 106 cm³/mol. The molecule has 27 heavy (non-hydrogen) atoms. The van der Waals surface area contributed by atoms with Crippen LogP contribution in [-0.2, 0) is 17.9 Å². The van der Waals surface area contributed by atoms with Gasteiger partial charge in [0.15, 0.2) is 6.10 Å². The predicted octanol–water partition coefficient (Wildman–Crippen LogP) is 2.94. The SMILES string of the molecule is C[C@@H]1CCC[N+]1(C(=O)NCc1cc(Cl)ccc1CN)C(=O)[C@H](O)C(C)(C)C.